The van der Waals surface area contributed by atoms with Crippen molar-refractivity contribution in [3.8, 4) is 27.6 Å². The summed E-state index contributed by atoms with van der Waals surface area (Å²) in [5, 5.41) is 6.52. The monoisotopic (exact) mass is 506 g/mol. The topological polar surface area (TPSA) is 133 Å². The summed E-state index contributed by atoms with van der Waals surface area (Å²) in [4.78, 5) is 24.8. The summed E-state index contributed by atoms with van der Waals surface area (Å²) in [6.45, 7) is 1.81. The molecule has 5 heterocycles. The average molecular weight is 507 g/mol. The molecule has 4 N–H and O–H groups in total. The number of pyridine rings is 1. The molecule has 178 valence electrons. The van der Waals surface area contributed by atoms with Crippen LogP contribution < -0.4 is 16.2 Å². The van der Waals surface area contributed by atoms with E-state index in [-0.39, 0.29) is 0 Å². The van der Waals surface area contributed by atoms with Gasteiger partial charge in [-0.25, -0.2) is 4.98 Å². The van der Waals surface area contributed by atoms with Crippen LogP contribution in [-0.2, 0) is 24.4 Å². The molecule has 0 saturated heterocycles. The van der Waals surface area contributed by atoms with Gasteiger partial charge in [0.15, 0.2) is 5.82 Å². The van der Waals surface area contributed by atoms with Gasteiger partial charge in [-0.3, -0.25) is 9.69 Å². The summed E-state index contributed by atoms with van der Waals surface area (Å²) in [6.07, 6.45) is 0. The highest BCUT2D eigenvalue weighted by molar-refractivity contribution is 8.01. The molecule has 0 radical (unpaired) electrons. The van der Waals surface area contributed by atoms with Crippen molar-refractivity contribution in [1.29, 1.82) is 0 Å². The Bertz CT molecular complexity index is 1420. The highest BCUT2D eigenvalue weighted by Gasteiger charge is 2.41. The van der Waals surface area contributed by atoms with Crippen LogP contribution in [0.2, 0.25) is 0 Å². The van der Waals surface area contributed by atoms with Crippen LogP contribution in [0.25, 0.3) is 21.9 Å². The molecule has 3 aromatic heterocycles. The molecule has 2 atom stereocenters. The minimum atomic E-state index is -0.512. The lowest BCUT2D eigenvalue weighted by Crippen LogP contribution is -2.33. The zero-order valence-electron chi connectivity index (χ0n) is 18.8. The van der Waals surface area contributed by atoms with E-state index in [0.717, 1.165) is 37.9 Å². The van der Waals surface area contributed by atoms with Gasteiger partial charge in [0.25, 0.3) is 5.89 Å². The number of hydrogen-bond acceptors (Lipinski definition) is 10. The van der Waals surface area contributed by atoms with Crippen LogP contribution in [0.3, 0.4) is 0 Å². The largest absolute Gasteiger partial charge is 0.496 e. The van der Waals surface area contributed by atoms with E-state index in [1.165, 1.54) is 11.8 Å². The van der Waals surface area contributed by atoms with E-state index < -0.39 is 17.2 Å². The summed E-state index contributed by atoms with van der Waals surface area (Å²) in [7, 11) is 1.61. The molecule has 6 rings (SSSR count). The highest BCUT2D eigenvalue weighted by atomic mass is 32.2. The molecule has 2 unspecified atom stereocenters. The molecule has 2 aliphatic rings. The number of primary amides is 1. The van der Waals surface area contributed by atoms with Crippen LogP contribution >= 0.6 is 23.1 Å². The predicted octanol–water partition coefficient (Wildman–Crippen LogP) is 3.34. The lowest BCUT2D eigenvalue weighted by molar-refractivity contribution is -0.117. The second kappa shape index (κ2) is 8.76. The maximum Gasteiger partial charge on any atom is 0.261 e. The number of aromatic nitrogens is 3. The number of ether oxygens (including phenoxy) is 1. The molecule has 0 spiro atoms. The van der Waals surface area contributed by atoms with Gasteiger partial charge in [-0.15, -0.1) is 11.3 Å². The second-order valence-corrected chi connectivity index (χ2v) is 10.5. The first-order valence-electron chi connectivity index (χ1n) is 11.0. The van der Waals surface area contributed by atoms with Crippen molar-refractivity contribution in [2.24, 2.45) is 11.5 Å². The summed E-state index contributed by atoms with van der Waals surface area (Å²) in [5.74, 6) is 1.27. The zero-order chi connectivity index (χ0) is 24.1. The first-order chi connectivity index (χ1) is 17.0. The van der Waals surface area contributed by atoms with Crippen LogP contribution in [0, 0.1) is 0 Å². The quantitative estimate of drug-likeness (QED) is 0.404. The van der Waals surface area contributed by atoms with Crippen LogP contribution in [0.4, 0.5) is 0 Å². The van der Waals surface area contributed by atoms with Crippen molar-refractivity contribution in [2.75, 3.05) is 7.11 Å². The van der Waals surface area contributed by atoms with Crippen molar-refractivity contribution < 1.29 is 14.1 Å². The summed E-state index contributed by atoms with van der Waals surface area (Å²) in [5.41, 5.74) is 17.0. The Morgan fingerprint density at radius 3 is 2.86 bits per heavy atom. The Morgan fingerprint density at radius 2 is 2.09 bits per heavy atom. The van der Waals surface area contributed by atoms with Crippen molar-refractivity contribution in [1.82, 2.24) is 20.0 Å². The van der Waals surface area contributed by atoms with Crippen molar-refractivity contribution >= 4 is 29.0 Å². The van der Waals surface area contributed by atoms with E-state index in [4.69, 9.17) is 25.7 Å². The second-order valence-electron chi connectivity index (χ2n) is 8.44. The molecular formula is C24H22N6O3S2. The number of hydrogen-bond donors (Lipinski definition) is 2. The van der Waals surface area contributed by atoms with Gasteiger partial charge in [-0.2, -0.15) is 4.98 Å². The Morgan fingerprint density at radius 1 is 1.23 bits per heavy atom. The maximum atomic E-state index is 12.0. The maximum absolute atomic E-state index is 12.0. The molecule has 0 saturated carbocycles. The number of thioether (sulfide) groups is 1. The molecule has 0 fully saturated rings. The molecule has 2 aliphatic heterocycles. The first kappa shape index (κ1) is 22.2. The SMILES string of the molecule is COc1ccccc1-c1nc(CN2Cc3nc4c(c(-c5cccs5)c3C2)C(N)C(C(N)=O)S4)no1. The minimum Gasteiger partial charge on any atom is -0.496 e. The standard InChI is InChI=1S/C24H22N6O3S2/c1-32-15-6-3-2-5-12(15)23-28-17(29-33-23)11-30-9-13-14(10-30)27-24-19(18(13)16-7-4-8-34-16)20(25)21(35-24)22(26)31/h2-8,20-21H,9-11,25H2,1H3,(H2,26,31). The highest BCUT2D eigenvalue weighted by Crippen LogP contribution is 2.50. The molecule has 4 aromatic rings. The van der Waals surface area contributed by atoms with Crippen LogP contribution in [0.15, 0.2) is 51.3 Å². The lowest BCUT2D eigenvalue weighted by Gasteiger charge is -2.16. The van der Waals surface area contributed by atoms with Gasteiger partial charge in [0.2, 0.25) is 5.91 Å². The molecule has 0 bridgehead atoms. The van der Waals surface area contributed by atoms with Gasteiger partial charge in [-0.1, -0.05) is 35.1 Å². The average Bonchev–Trinajstić information content (AvgIpc) is 3.65. The van der Waals surface area contributed by atoms with E-state index >= 15 is 0 Å². The van der Waals surface area contributed by atoms with Gasteiger partial charge in [0.1, 0.15) is 16.0 Å². The van der Waals surface area contributed by atoms with E-state index in [0.29, 0.717) is 37.1 Å². The number of carbonyl (C=O) groups is 1. The van der Waals surface area contributed by atoms with Crippen LogP contribution in [0.5, 0.6) is 5.75 Å². The fourth-order valence-corrected chi connectivity index (χ4v) is 6.68. The number of para-hydroxylation sites is 1. The van der Waals surface area contributed by atoms with Crippen LogP contribution in [-0.4, -0.2) is 38.3 Å². The molecule has 9 nitrogen and oxygen atoms in total. The number of fused-ring (bicyclic) bond motifs is 2. The van der Waals surface area contributed by atoms with Crippen LogP contribution in [0.1, 0.15) is 28.7 Å². The van der Waals surface area contributed by atoms with Gasteiger partial charge in [0, 0.05) is 29.1 Å². The van der Waals surface area contributed by atoms with Gasteiger partial charge < -0.3 is 20.7 Å². The van der Waals surface area contributed by atoms with E-state index in [9.17, 15) is 4.79 Å². The number of rotatable bonds is 6. The van der Waals surface area contributed by atoms with E-state index in [2.05, 4.69) is 21.1 Å². The molecule has 35 heavy (non-hydrogen) atoms. The number of methoxy groups -OCH3 is 1. The third-order valence-electron chi connectivity index (χ3n) is 6.26. The summed E-state index contributed by atoms with van der Waals surface area (Å²) < 4.78 is 10.9. The molecule has 0 aliphatic carbocycles. The third-order valence-corrected chi connectivity index (χ3v) is 8.46. The van der Waals surface area contributed by atoms with Gasteiger partial charge in [0.05, 0.1) is 31.0 Å². The summed E-state index contributed by atoms with van der Waals surface area (Å²) in [6, 6.07) is 11.2. The van der Waals surface area contributed by atoms with Crippen molar-refractivity contribution in [3.05, 3.63) is 64.4 Å². The predicted molar refractivity (Wildman–Crippen MR) is 133 cm³/mol. The first-order valence-corrected chi connectivity index (χ1v) is 12.8. The number of nitrogens with zero attached hydrogens (tertiary/aromatic N) is 4. The van der Waals surface area contributed by atoms with Crippen molar-refractivity contribution in [2.45, 2.75) is 36.0 Å². The molecule has 1 aromatic carbocycles. The Balaban J connectivity index is 1.30. The Kier molecular flexibility index (Phi) is 5.56. The number of nitrogens with two attached hydrogens (primary N) is 2. The van der Waals surface area contributed by atoms with Gasteiger partial charge >= 0.3 is 0 Å². The zero-order valence-corrected chi connectivity index (χ0v) is 20.4. The van der Waals surface area contributed by atoms with E-state index in [1.54, 1.807) is 18.4 Å². The molecule has 11 heteroatoms. The number of benzene rings is 1. The summed E-state index contributed by atoms with van der Waals surface area (Å²) >= 11 is 3.01. The Hall–Kier alpha value is -3.25. The fourth-order valence-electron chi connectivity index (χ4n) is 4.70. The molecular weight excluding hydrogens is 484 g/mol. The smallest absolute Gasteiger partial charge is 0.261 e. The van der Waals surface area contributed by atoms with E-state index in [1.807, 2.05) is 35.7 Å². The number of thiophene rings is 1. The van der Waals surface area contributed by atoms with Gasteiger partial charge in [-0.05, 0) is 29.1 Å². The normalized spacial score (nSPS) is 19.0. The lowest BCUT2D eigenvalue weighted by atomic mass is 9.95. The third kappa shape index (κ3) is 3.80. The van der Waals surface area contributed by atoms with Crippen molar-refractivity contribution in [3.63, 3.8) is 0 Å². The molecule has 1 amide bonds. The fraction of sp³-hybridized carbons (Fsp3) is 0.250. The Labute approximate surface area is 209 Å². The number of carbonyl (C=O) groups excluding carboxylic acids is 1. The minimum absolute atomic E-state index is 0.414. The number of amides is 1.